The summed E-state index contributed by atoms with van der Waals surface area (Å²) in [5.74, 6) is 2.46. The van der Waals surface area contributed by atoms with E-state index in [0.29, 0.717) is 6.67 Å². The highest BCUT2D eigenvalue weighted by molar-refractivity contribution is 7.16. The molecule has 0 spiro atoms. The summed E-state index contributed by atoms with van der Waals surface area (Å²) < 4.78 is 9.20. The second kappa shape index (κ2) is 15.3. The summed E-state index contributed by atoms with van der Waals surface area (Å²) in [5.41, 5.74) is 14.0. The van der Waals surface area contributed by atoms with Gasteiger partial charge in [0.1, 0.15) is 28.8 Å². The Kier molecular flexibility index (Phi) is 9.48. The highest BCUT2D eigenvalue weighted by atomic mass is 32.1. The lowest BCUT2D eigenvalue weighted by Gasteiger charge is -2.27. The molecule has 0 N–H and O–H groups in total. The molecule has 0 fully saturated rings. The van der Waals surface area contributed by atoms with Crippen molar-refractivity contribution in [3.8, 4) is 39.6 Å². The van der Waals surface area contributed by atoms with Crippen LogP contribution in [0.3, 0.4) is 0 Å². The average Bonchev–Trinajstić information content (AvgIpc) is 4.02. The van der Waals surface area contributed by atoms with Gasteiger partial charge in [-0.2, -0.15) is 0 Å². The van der Waals surface area contributed by atoms with E-state index in [1.165, 1.54) is 55.2 Å². The average molecular weight is 851 g/mol. The molecule has 0 atom stereocenters. The van der Waals surface area contributed by atoms with E-state index in [1.807, 2.05) is 0 Å². The number of rotatable bonds is 7. The van der Waals surface area contributed by atoms with Gasteiger partial charge in [-0.15, -0.1) is 11.3 Å². The number of anilines is 4. The van der Waals surface area contributed by atoms with Crippen molar-refractivity contribution in [1.29, 1.82) is 0 Å². The van der Waals surface area contributed by atoms with Crippen LogP contribution in [0.2, 0.25) is 0 Å². The molecule has 0 radical (unpaired) electrons. The number of aromatic nitrogens is 2. The van der Waals surface area contributed by atoms with E-state index in [0.717, 1.165) is 50.2 Å². The van der Waals surface area contributed by atoms with Crippen molar-refractivity contribution in [2.75, 3.05) is 16.5 Å². The highest BCUT2D eigenvalue weighted by Gasteiger charge is 2.31. The predicted octanol–water partition coefficient (Wildman–Crippen LogP) is 16.4. The second-order valence-corrected chi connectivity index (χ2v) is 19.8. The van der Waals surface area contributed by atoms with E-state index < -0.39 is 0 Å². The van der Waals surface area contributed by atoms with Crippen LogP contribution in [0.15, 0.2) is 181 Å². The Hall–Kier alpha value is -7.15. The topological polar surface area (TPSA) is 33.5 Å². The highest BCUT2D eigenvalue weighted by Crippen LogP contribution is 2.50. The first-order valence-corrected chi connectivity index (χ1v) is 23.0. The van der Waals surface area contributed by atoms with E-state index >= 15 is 0 Å². The number of benzene rings is 7. The smallest absolute Gasteiger partial charge is 0.139 e. The van der Waals surface area contributed by atoms with Crippen molar-refractivity contribution >= 4 is 66.1 Å². The van der Waals surface area contributed by atoms with Gasteiger partial charge in [0, 0.05) is 45.1 Å². The molecule has 3 aromatic heterocycles. The number of nitrogens with zero attached hydrogens (tertiary/aromatic N) is 4. The number of fused-ring (bicyclic) bond motifs is 5. The number of ether oxygens (including phenoxy) is 1. The maximum Gasteiger partial charge on any atom is 0.139 e. The number of thiophene rings is 1. The van der Waals surface area contributed by atoms with Crippen LogP contribution in [0.1, 0.15) is 52.7 Å². The fourth-order valence-corrected chi connectivity index (χ4v) is 10.2. The van der Waals surface area contributed by atoms with E-state index in [9.17, 15) is 0 Å². The third-order valence-corrected chi connectivity index (χ3v) is 13.5. The molecular weight excluding hydrogens is 801 g/mol. The van der Waals surface area contributed by atoms with Crippen LogP contribution in [0.5, 0.6) is 11.5 Å². The lowest BCUT2D eigenvalue weighted by atomic mass is 9.85. The van der Waals surface area contributed by atoms with Gasteiger partial charge >= 0.3 is 0 Å². The minimum Gasteiger partial charge on any atom is -0.457 e. The molecule has 64 heavy (non-hydrogen) atoms. The lowest BCUT2D eigenvalue weighted by molar-refractivity contribution is 0.483. The molecule has 0 bridgehead atoms. The van der Waals surface area contributed by atoms with E-state index in [-0.39, 0.29) is 10.8 Å². The Balaban J connectivity index is 0.999. The fraction of sp³-hybridized carbons (Fsp3) is 0.155. The third-order valence-electron chi connectivity index (χ3n) is 12.7. The van der Waals surface area contributed by atoms with Gasteiger partial charge in [0.05, 0.1) is 28.1 Å². The van der Waals surface area contributed by atoms with Gasteiger partial charge in [-0.05, 0) is 99.1 Å². The van der Waals surface area contributed by atoms with Gasteiger partial charge in [0.15, 0.2) is 0 Å². The largest absolute Gasteiger partial charge is 0.457 e. The number of hydrogen-bond donors (Lipinski definition) is 0. The van der Waals surface area contributed by atoms with Crippen molar-refractivity contribution in [3.63, 3.8) is 0 Å². The molecule has 11 rings (SSSR count). The maximum atomic E-state index is 6.87. The van der Waals surface area contributed by atoms with Crippen LogP contribution < -0.4 is 14.5 Å². The second-order valence-electron chi connectivity index (χ2n) is 18.9. The standard InChI is InChI=1S/C58H50N4OS/c1-57(2,3)40-27-30-50-48(33-40)46-29-28-43(35-53(46)62(50)54-36-49(58(4,5)6)47-31-32-64-56(47)59-54)63-42-22-15-21-41(34-42)60-37-61(52-26-14-13-25-51(52)60)55-44(38-17-9-7-10-18-38)23-16-24-45(55)39-19-11-8-12-20-39/h7-36H,37H2,1-6H3. The summed E-state index contributed by atoms with van der Waals surface area (Å²) >= 11 is 1.70. The van der Waals surface area contributed by atoms with Crippen molar-refractivity contribution in [2.24, 2.45) is 0 Å². The Morgan fingerprint density at radius 2 is 1.17 bits per heavy atom. The number of pyridine rings is 1. The van der Waals surface area contributed by atoms with Crippen molar-refractivity contribution in [2.45, 2.75) is 52.4 Å². The summed E-state index contributed by atoms with van der Waals surface area (Å²) in [6.07, 6.45) is 0. The third kappa shape index (κ3) is 6.90. The van der Waals surface area contributed by atoms with Crippen molar-refractivity contribution in [1.82, 2.24) is 9.55 Å². The molecule has 5 nitrogen and oxygen atoms in total. The van der Waals surface area contributed by atoms with Crippen LogP contribution in [-0.4, -0.2) is 16.2 Å². The van der Waals surface area contributed by atoms with Gasteiger partial charge in [0.25, 0.3) is 0 Å². The molecule has 0 unspecified atom stereocenters. The van der Waals surface area contributed by atoms with E-state index in [2.05, 4.69) is 237 Å². The normalized spacial score (nSPS) is 13.0. The molecule has 0 saturated heterocycles. The number of para-hydroxylation sites is 3. The molecule has 0 aliphatic carbocycles. The minimum atomic E-state index is -0.0587. The zero-order chi connectivity index (χ0) is 43.7. The first-order chi connectivity index (χ1) is 31.0. The molecule has 7 aromatic carbocycles. The van der Waals surface area contributed by atoms with Gasteiger partial charge in [-0.3, -0.25) is 4.57 Å². The predicted molar refractivity (Wildman–Crippen MR) is 271 cm³/mol. The Bertz CT molecular complexity index is 3310. The summed E-state index contributed by atoms with van der Waals surface area (Å²) in [4.78, 5) is 11.2. The summed E-state index contributed by atoms with van der Waals surface area (Å²) in [6.45, 7) is 14.3. The van der Waals surface area contributed by atoms with E-state index in [1.54, 1.807) is 11.3 Å². The molecule has 0 amide bonds. The zero-order valence-corrected chi connectivity index (χ0v) is 37.9. The molecule has 10 aromatic rings. The Morgan fingerprint density at radius 1 is 0.516 bits per heavy atom. The molecule has 1 aliphatic heterocycles. The maximum absolute atomic E-state index is 6.87. The molecule has 4 heterocycles. The van der Waals surface area contributed by atoms with E-state index in [4.69, 9.17) is 9.72 Å². The van der Waals surface area contributed by atoms with Gasteiger partial charge < -0.3 is 14.5 Å². The molecule has 1 aliphatic rings. The SMILES string of the molecule is CC(C)(C)c1ccc2c(c1)c1ccc(Oc3cccc(N4CN(c5c(-c6ccccc6)cccc5-c5ccccc5)c5ccccc54)c3)cc1n2-c1cc(C(C)(C)C)c2ccsc2n1. The van der Waals surface area contributed by atoms with Gasteiger partial charge in [0.2, 0.25) is 0 Å². The molecule has 6 heteroatoms. The van der Waals surface area contributed by atoms with Crippen LogP contribution in [0.4, 0.5) is 22.7 Å². The van der Waals surface area contributed by atoms with Gasteiger partial charge in [-0.1, -0.05) is 145 Å². The van der Waals surface area contributed by atoms with Crippen LogP contribution >= 0.6 is 11.3 Å². The fourth-order valence-electron chi connectivity index (χ4n) is 9.46. The quantitative estimate of drug-likeness (QED) is 0.160. The zero-order valence-electron chi connectivity index (χ0n) is 37.1. The monoisotopic (exact) mass is 850 g/mol. The van der Waals surface area contributed by atoms with Crippen LogP contribution in [0, 0.1) is 0 Å². The van der Waals surface area contributed by atoms with Gasteiger partial charge in [-0.25, -0.2) is 4.98 Å². The summed E-state index contributed by atoms with van der Waals surface area (Å²) in [5, 5.41) is 5.76. The lowest BCUT2D eigenvalue weighted by Crippen LogP contribution is -2.24. The van der Waals surface area contributed by atoms with Crippen molar-refractivity contribution < 1.29 is 4.74 Å². The Morgan fingerprint density at radius 3 is 1.86 bits per heavy atom. The number of hydrogen-bond acceptors (Lipinski definition) is 5. The first kappa shape index (κ1) is 39.7. The van der Waals surface area contributed by atoms with Crippen molar-refractivity contribution in [3.05, 3.63) is 192 Å². The molecular formula is C58H50N4OS. The minimum absolute atomic E-state index is 0.00651. The summed E-state index contributed by atoms with van der Waals surface area (Å²) in [7, 11) is 0. The van der Waals surface area contributed by atoms with Crippen LogP contribution in [0.25, 0.3) is 60.1 Å². The molecule has 0 saturated carbocycles. The first-order valence-electron chi connectivity index (χ1n) is 22.1. The van der Waals surface area contributed by atoms with Crippen LogP contribution in [-0.2, 0) is 10.8 Å². The summed E-state index contributed by atoms with van der Waals surface area (Å²) in [6, 6.07) is 63.3. The molecule has 314 valence electrons. The Labute approximate surface area is 379 Å².